The Kier molecular flexibility index (Phi) is 4.93. The van der Waals surface area contributed by atoms with Crippen molar-refractivity contribution in [2.24, 2.45) is 0 Å². The van der Waals surface area contributed by atoms with Gasteiger partial charge in [0.1, 0.15) is 16.4 Å². The summed E-state index contributed by atoms with van der Waals surface area (Å²) in [5.74, 6) is 0.108. The van der Waals surface area contributed by atoms with Gasteiger partial charge in [0, 0.05) is 19.1 Å². The van der Waals surface area contributed by atoms with Crippen LogP contribution in [-0.2, 0) is 14.8 Å². The number of hydrogen-bond acceptors (Lipinski definition) is 5. The monoisotopic (exact) mass is 330 g/mol. The Morgan fingerprint density at radius 2 is 2.00 bits per heavy atom. The Labute approximate surface area is 130 Å². The van der Waals surface area contributed by atoms with Gasteiger partial charge in [0.15, 0.2) is 0 Å². The van der Waals surface area contributed by atoms with Crippen molar-refractivity contribution >= 4 is 16.0 Å². The van der Waals surface area contributed by atoms with Crippen LogP contribution in [0.25, 0.3) is 0 Å². The van der Waals surface area contributed by atoms with E-state index in [0.29, 0.717) is 37.5 Å². The first-order valence-corrected chi connectivity index (χ1v) is 8.65. The minimum absolute atomic E-state index is 0.0303. The molecule has 1 aromatic heterocycles. The number of piperidine rings is 1. The van der Waals surface area contributed by atoms with Gasteiger partial charge in [0.25, 0.3) is 0 Å². The highest BCUT2D eigenvalue weighted by Crippen LogP contribution is 2.26. The molecule has 124 valence electrons. The number of nitrogens with zero attached hydrogens (tertiary/aromatic N) is 2. The normalized spacial score (nSPS) is 18.0. The van der Waals surface area contributed by atoms with Crippen LogP contribution in [-0.4, -0.2) is 61.4 Å². The van der Waals surface area contributed by atoms with E-state index in [1.54, 1.807) is 31.9 Å². The summed E-state index contributed by atoms with van der Waals surface area (Å²) in [6.07, 6.45) is 1.25. The van der Waals surface area contributed by atoms with Gasteiger partial charge in [-0.05, 0) is 39.8 Å². The number of hydrogen-bond donors (Lipinski definition) is 1. The second-order valence-corrected chi connectivity index (χ2v) is 7.63. The highest BCUT2D eigenvalue weighted by molar-refractivity contribution is 7.89. The number of carboxylic acids is 1. The number of sulfonamides is 1. The Morgan fingerprint density at radius 1 is 1.41 bits per heavy atom. The fraction of sp³-hybridized carbons (Fsp3) is 0.643. The van der Waals surface area contributed by atoms with Crippen LogP contribution in [0.4, 0.5) is 0 Å². The molecule has 0 unspecified atom stereocenters. The lowest BCUT2D eigenvalue weighted by Crippen LogP contribution is -2.46. The zero-order chi connectivity index (χ0) is 16.5. The maximum atomic E-state index is 12.6. The van der Waals surface area contributed by atoms with Crippen molar-refractivity contribution < 1.29 is 22.7 Å². The number of aryl methyl sites for hydroxylation is 2. The molecule has 0 spiro atoms. The van der Waals surface area contributed by atoms with Gasteiger partial charge in [-0.2, -0.15) is 4.31 Å². The van der Waals surface area contributed by atoms with Crippen LogP contribution in [0.3, 0.4) is 0 Å². The lowest BCUT2D eigenvalue weighted by Gasteiger charge is -2.35. The lowest BCUT2D eigenvalue weighted by atomic mass is 10.1. The summed E-state index contributed by atoms with van der Waals surface area (Å²) in [6, 6.07) is 1.64. The molecule has 0 atom stereocenters. The lowest BCUT2D eigenvalue weighted by molar-refractivity contribution is -0.138. The van der Waals surface area contributed by atoms with E-state index in [1.165, 1.54) is 4.31 Å². The number of carbonyl (C=O) groups is 1. The smallest absolute Gasteiger partial charge is 0.317 e. The molecule has 1 saturated heterocycles. The second kappa shape index (κ2) is 6.39. The zero-order valence-corrected chi connectivity index (χ0v) is 13.9. The molecule has 1 aliphatic heterocycles. The fourth-order valence-electron chi connectivity index (χ4n) is 2.87. The third-order valence-electron chi connectivity index (χ3n) is 4.04. The van der Waals surface area contributed by atoms with Crippen molar-refractivity contribution in [2.45, 2.75) is 37.6 Å². The van der Waals surface area contributed by atoms with Crippen LogP contribution in [0.1, 0.15) is 24.4 Å². The summed E-state index contributed by atoms with van der Waals surface area (Å²) in [6.45, 7) is 4.12. The predicted molar refractivity (Wildman–Crippen MR) is 80.2 cm³/mol. The Bertz CT molecular complexity index is 644. The van der Waals surface area contributed by atoms with Gasteiger partial charge in [-0.15, -0.1) is 0 Å². The fourth-order valence-corrected chi connectivity index (χ4v) is 4.56. The van der Waals surface area contributed by atoms with Crippen LogP contribution in [0, 0.1) is 13.8 Å². The molecule has 0 saturated carbocycles. The SMILES string of the molecule is Cc1cc(S(=O)(=O)N2CCC(N(C)CC(=O)O)CC2)c(C)o1. The molecule has 1 N–H and O–H groups in total. The van der Waals surface area contributed by atoms with Crippen molar-refractivity contribution in [1.29, 1.82) is 0 Å². The van der Waals surface area contributed by atoms with E-state index >= 15 is 0 Å². The van der Waals surface area contributed by atoms with E-state index in [9.17, 15) is 13.2 Å². The van der Waals surface area contributed by atoms with Crippen LogP contribution in [0.15, 0.2) is 15.4 Å². The van der Waals surface area contributed by atoms with Gasteiger partial charge in [-0.1, -0.05) is 0 Å². The maximum Gasteiger partial charge on any atom is 0.317 e. The topological polar surface area (TPSA) is 91.1 Å². The third-order valence-corrected chi connectivity index (χ3v) is 6.05. The van der Waals surface area contributed by atoms with Crippen LogP contribution in [0.5, 0.6) is 0 Å². The molecule has 1 aromatic rings. The molecule has 1 aliphatic rings. The van der Waals surface area contributed by atoms with Crippen LogP contribution < -0.4 is 0 Å². The number of rotatable bonds is 5. The Morgan fingerprint density at radius 3 is 2.45 bits per heavy atom. The van der Waals surface area contributed by atoms with Gasteiger partial charge in [-0.3, -0.25) is 9.69 Å². The number of carboxylic acid groups (broad SMARTS) is 1. The molecular formula is C14H22N2O5S. The molecule has 0 aromatic carbocycles. The number of likely N-dealkylation sites (N-methyl/N-ethyl adjacent to an activating group) is 1. The zero-order valence-electron chi connectivity index (χ0n) is 13.1. The first kappa shape index (κ1) is 17.0. The summed E-state index contributed by atoms with van der Waals surface area (Å²) in [4.78, 5) is 12.7. The average Bonchev–Trinajstić information content (AvgIpc) is 2.78. The predicted octanol–water partition coefficient (Wildman–Crippen LogP) is 1.07. The first-order valence-electron chi connectivity index (χ1n) is 7.21. The van der Waals surface area contributed by atoms with Gasteiger partial charge in [0.2, 0.25) is 10.0 Å². The highest BCUT2D eigenvalue weighted by atomic mass is 32.2. The molecule has 0 aliphatic carbocycles. The van der Waals surface area contributed by atoms with E-state index in [-0.39, 0.29) is 17.5 Å². The molecule has 8 heteroatoms. The molecule has 0 amide bonds. The van der Waals surface area contributed by atoms with E-state index in [1.807, 2.05) is 0 Å². The van der Waals surface area contributed by atoms with Crippen molar-refractivity contribution in [3.8, 4) is 0 Å². The Balaban J connectivity index is 2.05. The molecule has 0 radical (unpaired) electrons. The highest BCUT2D eigenvalue weighted by Gasteiger charge is 2.33. The van der Waals surface area contributed by atoms with Crippen LogP contribution >= 0.6 is 0 Å². The summed E-state index contributed by atoms with van der Waals surface area (Å²) in [7, 11) is -1.78. The minimum atomic E-state index is -3.54. The van der Waals surface area contributed by atoms with Gasteiger partial charge >= 0.3 is 5.97 Å². The van der Waals surface area contributed by atoms with Crippen molar-refractivity contribution in [3.05, 3.63) is 17.6 Å². The molecule has 22 heavy (non-hydrogen) atoms. The quantitative estimate of drug-likeness (QED) is 0.868. The second-order valence-electron chi connectivity index (χ2n) is 5.72. The van der Waals surface area contributed by atoms with E-state index in [4.69, 9.17) is 9.52 Å². The summed E-state index contributed by atoms with van der Waals surface area (Å²) in [5.41, 5.74) is 0. The van der Waals surface area contributed by atoms with E-state index in [0.717, 1.165) is 0 Å². The minimum Gasteiger partial charge on any atom is -0.480 e. The van der Waals surface area contributed by atoms with Gasteiger partial charge < -0.3 is 9.52 Å². The largest absolute Gasteiger partial charge is 0.480 e. The van der Waals surface area contributed by atoms with Gasteiger partial charge in [0.05, 0.1) is 6.54 Å². The average molecular weight is 330 g/mol. The molecule has 2 heterocycles. The third kappa shape index (κ3) is 3.50. The van der Waals surface area contributed by atoms with Crippen LogP contribution in [0.2, 0.25) is 0 Å². The molecule has 2 rings (SSSR count). The molecule has 0 bridgehead atoms. The summed E-state index contributed by atoms with van der Waals surface area (Å²) >= 11 is 0. The summed E-state index contributed by atoms with van der Waals surface area (Å²) < 4.78 is 32.0. The number of aliphatic carboxylic acids is 1. The van der Waals surface area contributed by atoms with Crippen molar-refractivity contribution in [3.63, 3.8) is 0 Å². The maximum absolute atomic E-state index is 12.6. The molecular weight excluding hydrogens is 308 g/mol. The van der Waals surface area contributed by atoms with Crippen molar-refractivity contribution in [2.75, 3.05) is 26.7 Å². The molecule has 1 fully saturated rings. The standard InChI is InChI=1S/C14H22N2O5S/c1-10-8-13(11(2)21-10)22(19,20)16-6-4-12(5-7-16)15(3)9-14(17)18/h8,12H,4-7,9H2,1-3H3,(H,17,18). The van der Waals surface area contributed by atoms with E-state index in [2.05, 4.69) is 0 Å². The molecule has 7 nitrogen and oxygen atoms in total. The van der Waals surface area contributed by atoms with E-state index < -0.39 is 16.0 Å². The summed E-state index contributed by atoms with van der Waals surface area (Å²) in [5, 5.41) is 8.82. The Hall–Kier alpha value is -1.38. The van der Waals surface area contributed by atoms with Crippen molar-refractivity contribution in [1.82, 2.24) is 9.21 Å². The first-order chi connectivity index (χ1) is 10.2. The number of furan rings is 1. The van der Waals surface area contributed by atoms with Gasteiger partial charge in [-0.25, -0.2) is 8.42 Å².